The molecule has 146 valence electrons. The van der Waals surface area contributed by atoms with Gasteiger partial charge in [0.15, 0.2) is 0 Å². The minimum Gasteiger partial charge on any atom is -0.533 e. The van der Waals surface area contributed by atoms with E-state index in [1.54, 1.807) is 6.07 Å². The van der Waals surface area contributed by atoms with Gasteiger partial charge in [-0.15, -0.1) is 0 Å². The lowest BCUT2D eigenvalue weighted by Gasteiger charge is -2.43. The second kappa shape index (κ2) is 7.37. The fraction of sp³-hybridized carbons (Fsp3) is 0.160. The van der Waals surface area contributed by atoms with E-state index in [0.717, 1.165) is 15.8 Å². The van der Waals surface area contributed by atoms with Crippen molar-refractivity contribution in [2.24, 2.45) is 0 Å². The molecule has 0 spiro atoms. The molecule has 0 saturated heterocycles. The Morgan fingerprint density at radius 2 is 1.28 bits per heavy atom. The summed E-state index contributed by atoms with van der Waals surface area (Å²) in [7, 11) is -2.81. The molecule has 0 unspecified atom stereocenters. The predicted molar refractivity (Wildman–Crippen MR) is 121 cm³/mol. The van der Waals surface area contributed by atoms with E-state index in [-0.39, 0.29) is 5.04 Å². The third-order valence-corrected chi connectivity index (χ3v) is 10.2. The van der Waals surface area contributed by atoms with Crippen molar-refractivity contribution in [2.45, 2.75) is 25.8 Å². The summed E-state index contributed by atoms with van der Waals surface area (Å²) in [5, 5.41) is 2.94. The van der Waals surface area contributed by atoms with Crippen LogP contribution in [0.2, 0.25) is 5.04 Å². The molecule has 0 aliphatic rings. The Morgan fingerprint density at radius 3 is 1.83 bits per heavy atom. The predicted octanol–water partition coefficient (Wildman–Crippen LogP) is 4.73. The van der Waals surface area contributed by atoms with Gasteiger partial charge in [-0.05, 0) is 27.5 Å². The Kier molecular flexibility index (Phi) is 4.88. The lowest BCUT2D eigenvalue weighted by molar-refractivity contribution is 0.498. The molecular weight excluding hydrogens is 376 g/mol. The van der Waals surface area contributed by atoms with E-state index in [0.29, 0.717) is 11.3 Å². The Labute approximate surface area is 171 Å². The summed E-state index contributed by atoms with van der Waals surface area (Å²) in [6.45, 7) is 6.65. The van der Waals surface area contributed by atoms with Gasteiger partial charge in [-0.3, -0.25) is 0 Å². The van der Waals surface area contributed by atoms with Crippen molar-refractivity contribution in [2.75, 3.05) is 0 Å². The largest absolute Gasteiger partial charge is 0.533 e. The lowest BCUT2D eigenvalue weighted by Crippen LogP contribution is -2.68. The third-order valence-electron chi connectivity index (χ3n) is 5.29. The zero-order valence-corrected chi connectivity index (χ0v) is 17.9. The first-order valence-electron chi connectivity index (χ1n) is 9.75. The first-order valence-corrected chi connectivity index (χ1v) is 11.7. The molecule has 4 rings (SSSR count). The van der Waals surface area contributed by atoms with Crippen LogP contribution in [-0.2, 0) is 0 Å². The molecule has 1 heterocycles. The van der Waals surface area contributed by atoms with Crippen LogP contribution in [0.4, 0.5) is 0 Å². The summed E-state index contributed by atoms with van der Waals surface area (Å²) in [6.07, 6.45) is 0. The highest BCUT2D eigenvalue weighted by Crippen LogP contribution is 2.38. The summed E-state index contributed by atoms with van der Waals surface area (Å²) in [6, 6.07) is 29.8. The van der Waals surface area contributed by atoms with Crippen LogP contribution in [0.25, 0.3) is 11.0 Å². The van der Waals surface area contributed by atoms with E-state index < -0.39 is 13.9 Å². The van der Waals surface area contributed by atoms with Gasteiger partial charge in [0, 0.05) is 0 Å². The summed E-state index contributed by atoms with van der Waals surface area (Å²) in [5.74, 6) is 0.575. The zero-order chi connectivity index (χ0) is 20.5. The Balaban J connectivity index is 2.04. The first-order chi connectivity index (χ1) is 13.9. The maximum atomic E-state index is 12.3. The number of fused-ring (bicyclic) bond motifs is 1. The van der Waals surface area contributed by atoms with E-state index in [2.05, 4.69) is 45.0 Å². The SMILES string of the molecule is CC(C)(C)[Si](Oc1cc(=O)oc2ccccc12)(c1ccccc1)c1ccccc1. The summed E-state index contributed by atoms with van der Waals surface area (Å²) in [5.41, 5.74) is 0.129. The highest BCUT2D eigenvalue weighted by Gasteiger charge is 2.52. The van der Waals surface area contributed by atoms with E-state index in [1.807, 2.05) is 54.6 Å². The monoisotopic (exact) mass is 400 g/mol. The van der Waals surface area contributed by atoms with Gasteiger partial charge in [0.25, 0.3) is 0 Å². The Hall–Kier alpha value is -3.11. The van der Waals surface area contributed by atoms with Crippen LogP contribution < -0.4 is 20.4 Å². The average Bonchev–Trinajstić information content (AvgIpc) is 2.72. The van der Waals surface area contributed by atoms with Crippen LogP contribution >= 0.6 is 0 Å². The summed E-state index contributed by atoms with van der Waals surface area (Å²) in [4.78, 5) is 12.3. The maximum Gasteiger partial charge on any atom is 0.339 e. The third kappa shape index (κ3) is 3.40. The molecule has 0 saturated carbocycles. The average molecular weight is 401 g/mol. The molecule has 3 nitrogen and oxygen atoms in total. The first kappa shape index (κ1) is 19.2. The standard InChI is InChI=1S/C25H24O3Si/c1-25(2,3)29(19-12-6-4-7-13-19,20-14-8-5-9-15-20)28-23-18-24(26)27-22-17-11-10-16-21(22)23/h4-18H,1-3H3. The maximum absolute atomic E-state index is 12.3. The van der Waals surface area contributed by atoms with Crippen LogP contribution in [0, 0.1) is 0 Å². The second-order valence-electron chi connectivity index (χ2n) is 8.19. The number of hydrogen-bond acceptors (Lipinski definition) is 3. The van der Waals surface area contributed by atoms with Crippen molar-refractivity contribution in [1.82, 2.24) is 0 Å². The zero-order valence-electron chi connectivity index (χ0n) is 16.9. The molecule has 0 aliphatic heterocycles. The lowest BCUT2D eigenvalue weighted by atomic mass is 10.2. The molecule has 0 amide bonds. The molecule has 29 heavy (non-hydrogen) atoms. The van der Waals surface area contributed by atoms with Crippen molar-refractivity contribution in [3.63, 3.8) is 0 Å². The van der Waals surface area contributed by atoms with Crippen molar-refractivity contribution >= 4 is 29.7 Å². The van der Waals surface area contributed by atoms with Gasteiger partial charge in [-0.2, -0.15) is 0 Å². The van der Waals surface area contributed by atoms with E-state index in [1.165, 1.54) is 6.07 Å². The highest BCUT2D eigenvalue weighted by atomic mass is 28.4. The molecule has 1 aromatic heterocycles. The molecule has 0 bridgehead atoms. The van der Waals surface area contributed by atoms with Gasteiger partial charge >= 0.3 is 13.9 Å². The molecule has 4 aromatic rings. The van der Waals surface area contributed by atoms with Crippen LogP contribution in [-0.4, -0.2) is 8.32 Å². The van der Waals surface area contributed by atoms with Gasteiger partial charge < -0.3 is 8.84 Å². The van der Waals surface area contributed by atoms with Gasteiger partial charge in [0.1, 0.15) is 11.3 Å². The number of benzene rings is 3. The van der Waals surface area contributed by atoms with Crippen molar-refractivity contribution in [3.8, 4) is 5.75 Å². The van der Waals surface area contributed by atoms with E-state index in [4.69, 9.17) is 8.84 Å². The van der Waals surface area contributed by atoms with Gasteiger partial charge in [0.05, 0.1) is 11.5 Å². The molecular formula is C25H24O3Si. The van der Waals surface area contributed by atoms with E-state index in [9.17, 15) is 4.79 Å². The minimum absolute atomic E-state index is 0.188. The van der Waals surface area contributed by atoms with Crippen LogP contribution in [0.1, 0.15) is 20.8 Å². The van der Waals surface area contributed by atoms with Gasteiger partial charge in [-0.1, -0.05) is 93.6 Å². The number of hydrogen-bond donors (Lipinski definition) is 0. The molecule has 0 fully saturated rings. The highest BCUT2D eigenvalue weighted by molar-refractivity contribution is 7.00. The normalized spacial score (nSPS) is 12.1. The Bertz CT molecular complexity index is 1140. The topological polar surface area (TPSA) is 39.4 Å². The second-order valence-corrected chi connectivity index (χ2v) is 12.4. The molecule has 0 radical (unpaired) electrons. The van der Waals surface area contributed by atoms with Crippen molar-refractivity contribution in [3.05, 3.63) is 101 Å². The van der Waals surface area contributed by atoms with Gasteiger partial charge in [-0.25, -0.2) is 4.79 Å². The van der Waals surface area contributed by atoms with Crippen LogP contribution in [0.5, 0.6) is 5.75 Å². The smallest absolute Gasteiger partial charge is 0.339 e. The molecule has 0 atom stereocenters. The molecule has 0 N–H and O–H groups in total. The minimum atomic E-state index is -2.81. The van der Waals surface area contributed by atoms with E-state index >= 15 is 0 Å². The fourth-order valence-electron chi connectivity index (χ4n) is 3.98. The van der Waals surface area contributed by atoms with Crippen LogP contribution in [0.15, 0.2) is 100 Å². The summed E-state index contributed by atoms with van der Waals surface area (Å²) >= 11 is 0. The van der Waals surface area contributed by atoms with Crippen LogP contribution in [0.3, 0.4) is 0 Å². The van der Waals surface area contributed by atoms with Gasteiger partial charge in [0.2, 0.25) is 0 Å². The number of rotatable bonds is 4. The number of para-hydroxylation sites is 1. The summed E-state index contributed by atoms with van der Waals surface area (Å²) < 4.78 is 12.4. The molecule has 0 aliphatic carbocycles. The quantitative estimate of drug-likeness (QED) is 0.367. The van der Waals surface area contributed by atoms with Crippen molar-refractivity contribution < 1.29 is 8.84 Å². The fourth-order valence-corrected chi connectivity index (χ4v) is 8.41. The Morgan fingerprint density at radius 1 is 0.759 bits per heavy atom. The molecule has 4 heteroatoms. The van der Waals surface area contributed by atoms with Crippen molar-refractivity contribution in [1.29, 1.82) is 0 Å². The molecule has 3 aromatic carbocycles.